The molecule has 0 aromatic rings. The van der Waals surface area contributed by atoms with E-state index in [2.05, 4.69) is 22.9 Å². The molecule has 66 valence electrons. The molecular weight excluding hydrogens is 208 g/mol. The molecule has 1 atom stereocenters. The Morgan fingerprint density at radius 3 is 2.18 bits per heavy atom. The SMILES string of the molecule is CC(Br)C1COC(C)(C)OC1. The minimum atomic E-state index is -0.377. The van der Waals surface area contributed by atoms with E-state index < -0.39 is 0 Å². The van der Waals surface area contributed by atoms with Crippen LogP contribution < -0.4 is 0 Å². The molecular formula is C8H15BrO2. The van der Waals surface area contributed by atoms with E-state index in [9.17, 15) is 0 Å². The van der Waals surface area contributed by atoms with Crippen LogP contribution in [0.5, 0.6) is 0 Å². The Balaban J connectivity index is 2.36. The molecule has 0 spiro atoms. The van der Waals surface area contributed by atoms with Gasteiger partial charge in [0.2, 0.25) is 0 Å². The van der Waals surface area contributed by atoms with E-state index in [-0.39, 0.29) is 5.79 Å². The van der Waals surface area contributed by atoms with Crippen LogP contribution in [0.1, 0.15) is 20.8 Å². The maximum Gasteiger partial charge on any atom is 0.162 e. The van der Waals surface area contributed by atoms with Gasteiger partial charge in [-0.1, -0.05) is 22.9 Å². The lowest BCUT2D eigenvalue weighted by atomic mass is 10.1. The first-order valence-corrected chi connectivity index (χ1v) is 4.85. The van der Waals surface area contributed by atoms with Crippen molar-refractivity contribution in [3.05, 3.63) is 0 Å². The van der Waals surface area contributed by atoms with E-state index >= 15 is 0 Å². The van der Waals surface area contributed by atoms with Gasteiger partial charge in [0.25, 0.3) is 0 Å². The fourth-order valence-electron chi connectivity index (χ4n) is 0.970. The van der Waals surface area contributed by atoms with Gasteiger partial charge in [0, 0.05) is 10.7 Å². The summed E-state index contributed by atoms with van der Waals surface area (Å²) in [6.45, 7) is 7.60. The van der Waals surface area contributed by atoms with Crippen LogP contribution in [-0.2, 0) is 9.47 Å². The summed E-state index contributed by atoms with van der Waals surface area (Å²) in [6, 6.07) is 0. The Labute approximate surface area is 76.4 Å². The summed E-state index contributed by atoms with van der Waals surface area (Å²) >= 11 is 3.51. The van der Waals surface area contributed by atoms with Crippen molar-refractivity contribution in [1.29, 1.82) is 0 Å². The summed E-state index contributed by atoms with van der Waals surface area (Å²) in [7, 11) is 0. The average molecular weight is 223 g/mol. The number of hydrogen-bond donors (Lipinski definition) is 0. The van der Waals surface area contributed by atoms with Crippen LogP contribution in [0.2, 0.25) is 0 Å². The van der Waals surface area contributed by atoms with Gasteiger partial charge in [-0.3, -0.25) is 0 Å². The second kappa shape index (κ2) is 3.42. The van der Waals surface area contributed by atoms with Crippen LogP contribution in [-0.4, -0.2) is 23.8 Å². The summed E-state index contributed by atoms with van der Waals surface area (Å²) in [5, 5.41) is 0. The lowest BCUT2D eigenvalue weighted by Crippen LogP contribution is -2.41. The predicted octanol–water partition coefficient (Wildman–Crippen LogP) is 2.17. The zero-order chi connectivity index (χ0) is 8.48. The third kappa shape index (κ3) is 2.73. The molecule has 0 aromatic heterocycles. The normalized spacial score (nSPS) is 28.4. The molecule has 1 heterocycles. The smallest absolute Gasteiger partial charge is 0.162 e. The molecule has 1 rings (SSSR count). The molecule has 1 fully saturated rings. The third-order valence-corrected chi connectivity index (χ3v) is 2.69. The predicted molar refractivity (Wildman–Crippen MR) is 47.9 cm³/mol. The van der Waals surface area contributed by atoms with Gasteiger partial charge in [-0.25, -0.2) is 0 Å². The van der Waals surface area contributed by atoms with Crippen LogP contribution in [0.4, 0.5) is 0 Å². The van der Waals surface area contributed by atoms with Crippen LogP contribution in [0.25, 0.3) is 0 Å². The van der Waals surface area contributed by atoms with Crippen LogP contribution in [0.3, 0.4) is 0 Å². The van der Waals surface area contributed by atoms with Crippen LogP contribution in [0, 0.1) is 5.92 Å². The van der Waals surface area contributed by atoms with Crippen molar-refractivity contribution in [2.45, 2.75) is 31.4 Å². The molecule has 11 heavy (non-hydrogen) atoms. The Morgan fingerprint density at radius 2 is 1.82 bits per heavy atom. The molecule has 0 saturated carbocycles. The van der Waals surface area contributed by atoms with E-state index in [0.717, 1.165) is 13.2 Å². The number of ether oxygens (including phenoxy) is 2. The molecule has 0 N–H and O–H groups in total. The fraction of sp³-hybridized carbons (Fsp3) is 1.00. The number of hydrogen-bond acceptors (Lipinski definition) is 2. The fourth-order valence-corrected chi connectivity index (χ4v) is 1.28. The second-order valence-electron chi connectivity index (χ2n) is 3.46. The Morgan fingerprint density at radius 1 is 1.36 bits per heavy atom. The van der Waals surface area contributed by atoms with Gasteiger partial charge in [-0.2, -0.15) is 0 Å². The molecule has 0 aromatic carbocycles. The van der Waals surface area contributed by atoms with Crippen molar-refractivity contribution in [1.82, 2.24) is 0 Å². The van der Waals surface area contributed by atoms with Gasteiger partial charge < -0.3 is 9.47 Å². The summed E-state index contributed by atoms with van der Waals surface area (Å²) in [5.74, 6) is 0.112. The standard InChI is InChI=1S/C8H15BrO2/c1-6(9)7-4-10-8(2,3)11-5-7/h6-7H,4-5H2,1-3H3. The van der Waals surface area contributed by atoms with Gasteiger partial charge in [0.05, 0.1) is 13.2 Å². The van der Waals surface area contributed by atoms with Crippen molar-refractivity contribution in [2.75, 3.05) is 13.2 Å². The van der Waals surface area contributed by atoms with Crippen molar-refractivity contribution in [3.63, 3.8) is 0 Å². The second-order valence-corrected chi connectivity index (χ2v) is 4.90. The highest BCUT2D eigenvalue weighted by Gasteiger charge is 2.29. The summed E-state index contributed by atoms with van der Waals surface area (Å²) in [6.07, 6.45) is 0. The molecule has 1 saturated heterocycles. The highest BCUT2D eigenvalue weighted by atomic mass is 79.9. The maximum atomic E-state index is 5.49. The molecule has 3 heteroatoms. The van der Waals surface area contributed by atoms with E-state index in [1.54, 1.807) is 0 Å². The first kappa shape index (κ1) is 9.49. The maximum absolute atomic E-state index is 5.49. The topological polar surface area (TPSA) is 18.5 Å². The monoisotopic (exact) mass is 222 g/mol. The summed E-state index contributed by atoms with van der Waals surface area (Å²) in [5.41, 5.74) is 0. The van der Waals surface area contributed by atoms with Crippen molar-refractivity contribution >= 4 is 15.9 Å². The molecule has 0 bridgehead atoms. The van der Waals surface area contributed by atoms with E-state index in [0.29, 0.717) is 10.7 Å². The molecule has 0 radical (unpaired) electrons. The first-order valence-electron chi connectivity index (χ1n) is 3.93. The van der Waals surface area contributed by atoms with E-state index in [4.69, 9.17) is 9.47 Å². The Bertz CT molecular complexity index is 124. The van der Waals surface area contributed by atoms with Gasteiger partial charge in [0.15, 0.2) is 5.79 Å². The van der Waals surface area contributed by atoms with Crippen molar-refractivity contribution in [3.8, 4) is 0 Å². The van der Waals surface area contributed by atoms with E-state index in [1.165, 1.54) is 0 Å². The zero-order valence-corrected chi connectivity index (χ0v) is 8.85. The van der Waals surface area contributed by atoms with Gasteiger partial charge in [-0.15, -0.1) is 0 Å². The highest BCUT2D eigenvalue weighted by molar-refractivity contribution is 9.09. The lowest BCUT2D eigenvalue weighted by Gasteiger charge is -2.35. The Hall–Kier alpha value is 0.400. The average Bonchev–Trinajstić information content (AvgIpc) is 1.86. The highest BCUT2D eigenvalue weighted by Crippen LogP contribution is 2.24. The van der Waals surface area contributed by atoms with Crippen LogP contribution in [0.15, 0.2) is 0 Å². The number of alkyl halides is 1. The quantitative estimate of drug-likeness (QED) is 0.634. The van der Waals surface area contributed by atoms with Gasteiger partial charge in [0.1, 0.15) is 0 Å². The largest absolute Gasteiger partial charge is 0.350 e. The molecule has 0 amide bonds. The summed E-state index contributed by atoms with van der Waals surface area (Å²) < 4.78 is 11.0. The zero-order valence-electron chi connectivity index (χ0n) is 7.26. The molecule has 0 aliphatic carbocycles. The minimum Gasteiger partial charge on any atom is -0.350 e. The van der Waals surface area contributed by atoms with Crippen molar-refractivity contribution in [2.24, 2.45) is 5.92 Å². The number of rotatable bonds is 1. The molecule has 2 nitrogen and oxygen atoms in total. The third-order valence-electron chi connectivity index (χ3n) is 1.94. The Kier molecular flexibility index (Phi) is 2.95. The molecule has 1 aliphatic heterocycles. The number of halogens is 1. The lowest BCUT2D eigenvalue weighted by molar-refractivity contribution is -0.261. The summed E-state index contributed by atoms with van der Waals surface area (Å²) in [4.78, 5) is 0.471. The molecule has 1 aliphatic rings. The van der Waals surface area contributed by atoms with Crippen LogP contribution >= 0.6 is 15.9 Å². The van der Waals surface area contributed by atoms with Gasteiger partial charge in [-0.05, 0) is 13.8 Å². The van der Waals surface area contributed by atoms with Gasteiger partial charge >= 0.3 is 0 Å². The molecule has 1 unspecified atom stereocenters. The van der Waals surface area contributed by atoms with E-state index in [1.807, 2.05) is 13.8 Å². The first-order chi connectivity index (χ1) is 5.01. The minimum absolute atomic E-state index is 0.377. The van der Waals surface area contributed by atoms with Crippen molar-refractivity contribution < 1.29 is 9.47 Å².